The van der Waals surface area contributed by atoms with Gasteiger partial charge in [0.25, 0.3) is 0 Å². The monoisotopic (exact) mass is 262 g/mol. The van der Waals surface area contributed by atoms with E-state index in [1.54, 1.807) is 0 Å². The molecule has 0 saturated carbocycles. The van der Waals surface area contributed by atoms with Crippen LogP contribution in [0.3, 0.4) is 0 Å². The molecule has 3 rings (SSSR count). The molecule has 106 valence electrons. The van der Waals surface area contributed by atoms with E-state index in [-0.39, 0.29) is 0 Å². The van der Waals surface area contributed by atoms with Crippen LogP contribution in [0.5, 0.6) is 0 Å². The van der Waals surface area contributed by atoms with Crippen molar-refractivity contribution in [2.75, 3.05) is 6.54 Å². The van der Waals surface area contributed by atoms with Crippen LogP contribution < -0.4 is 5.73 Å². The Hall–Kier alpha value is -0.870. The second-order valence-electron chi connectivity index (χ2n) is 6.22. The van der Waals surface area contributed by atoms with Crippen LogP contribution in [-0.4, -0.2) is 39.1 Å². The first-order chi connectivity index (χ1) is 9.33. The Balaban J connectivity index is 1.44. The molecule has 2 saturated heterocycles. The highest BCUT2D eigenvalue weighted by molar-refractivity contribution is 4.93. The van der Waals surface area contributed by atoms with Crippen LogP contribution in [0, 0.1) is 0 Å². The lowest BCUT2D eigenvalue weighted by Crippen LogP contribution is -2.55. The molecule has 2 aliphatic heterocycles. The zero-order valence-electron chi connectivity index (χ0n) is 11.7. The number of unbranched alkanes of at least 4 members (excludes halogenated alkanes) is 1. The average Bonchev–Trinajstić information content (AvgIpc) is 2.88. The van der Waals surface area contributed by atoms with Crippen LogP contribution >= 0.6 is 0 Å². The Labute approximate surface area is 116 Å². The van der Waals surface area contributed by atoms with Crippen molar-refractivity contribution in [2.45, 2.75) is 69.6 Å². The molecule has 0 amide bonds. The summed E-state index contributed by atoms with van der Waals surface area (Å²) in [5.74, 6) is 0. The Bertz CT molecular complexity index is 362. The lowest BCUT2D eigenvalue weighted by Gasteiger charge is -2.48. The van der Waals surface area contributed by atoms with E-state index in [2.05, 4.69) is 20.6 Å². The molecule has 2 aliphatic rings. The molecule has 19 heavy (non-hydrogen) atoms. The van der Waals surface area contributed by atoms with Crippen molar-refractivity contribution >= 4 is 0 Å². The number of hydrogen-bond acceptors (Lipinski definition) is 3. The summed E-state index contributed by atoms with van der Waals surface area (Å²) in [5.41, 5.74) is 6.17. The summed E-state index contributed by atoms with van der Waals surface area (Å²) in [4.78, 5) is 6.85. The molecule has 0 radical (unpaired) electrons. The second-order valence-corrected chi connectivity index (χ2v) is 6.22. The maximum Gasteiger partial charge on any atom is 0.0945 e. The maximum absolute atomic E-state index is 6.17. The summed E-state index contributed by atoms with van der Waals surface area (Å²) >= 11 is 0. The van der Waals surface area contributed by atoms with Gasteiger partial charge in [-0.3, -0.25) is 4.90 Å². The number of hydrogen-bond donors (Lipinski definition) is 1. The third kappa shape index (κ3) is 3.18. The van der Waals surface area contributed by atoms with Gasteiger partial charge in [-0.25, -0.2) is 4.98 Å². The van der Waals surface area contributed by atoms with Crippen LogP contribution in [0.2, 0.25) is 0 Å². The Morgan fingerprint density at radius 3 is 2.53 bits per heavy atom. The first-order valence-electron chi connectivity index (χ1n) is 7.80. The number of piperidine rings is 2. The standard InChI is InChI=1S/C15H26N4/c16-13-10-14-4-3-5-15(11-13)19(14)8-2-1-7-18-9-6-17-12-18/h6,9,12-15H,1-5,7-8,10-11,16H2. The van der Waals surface area contributed by atoms with Gasteiger partial charge < -0.3 is 10.3 Å². The highest BCUT2D eigenvalue weighted by Gasteiger charge is 2.36. The number of nitrogens with zero attached hydrogens (tertiary/aromatic N) is 3. The summed E-state index contributed by atoms with van der Waals surface area (Å²) in [6.45, 7) is 2.36. The molecule has 1 aromatic heterocycles. The Morgan fingerprint density at radius 2 is 1.84 bits per heavy atom. The quantitative estimate of drug-likeness (QED) is 0.826. The third-order valence-corrected chi connectivity index (χ3v) is 4.80. The van der Waals surface area contributed by atoms with E-state index < -0.39 is 0 Å². The van der Waals surface area contributed by atoms with Crippen LogP contribution in [0.25, 0.3) is 0 Å². The predicted octanol–water partition coefficient (Wildman–Crippen LogP) is 2.01. The summed E-state index contributed by atoms with van der Waals surface area (Å²) in [6, 6.07) is 2.00. The van der Waals surface area contributed by atoms with E-state index in [9.17, 15) is 0 Å². The van der Waals surface area contributed by atoms with E-state index >= 15 is 0 Å². The predicted molar refractivity (Wildman–Crippen MR) is 76.8 cm³/mol. The second kappa shape index (κ2) is 6.06. The summed E-state index contributed by atoms with van der Waals surface area (Å²) in [5, 5.41) is 0. The largest absolute Gasteiger partial charge is 0.337 e. The number of aryl methyl sites for hydroxylation is 1. The lowest BCUT2D eigenvalue weighted by atomic mass is 9.82. The number of nitrogens with two attached hydrogens (primary N) is 1. The molecular formula is C15H26N4. The van der Waals surface area contributed by atoms with E-state index in [1.807, 2.05) is 12.5 Å². The molecule has 4 heteroatoms. The molecule has 0 aliphatic carbocycles. The smallest absolute Gasteiger partial charge is 0.0945 e. The first-order valence-corrected chi connectivity index (χ1v) is 7.80. The van der Waals surface area contributed by atoms with Crippen molar-refractivity contribution in [3.63, 3.8) is 0 Å². The number of aromatic nitrogens is 2. The van der Waals surface area contributed by atoms with Crippen LogP contribution in [0.15, 0.2) is 18.7 Å². The number of fused-ring (bicyclic) bond motifs is 2. The van der Waals surface area contributed by atoms with Crippen LogP contribution in [-0.2, 0) is 6.54 Å². The topological polar surface area (TPSA) is 47.1 Å². The van der Waals surface area contributed by atoms with E-state index in [4.69, 9.17) is 5.73 Å². The minimum absolute atomic E-state index is 0.456. The van der Waals surface area contributed by atoms with Crippen molar-refractivity contribution in [3.05, 3.63) is 18.7 Å². The fourth-order valence-electron chi connectivity index (χ4n) is 3.89. The molecule has 1 aromatic rings. The normalized spacial score (nSPS) is 31.5. The highest BCUT2D eigenvalue weighted by atomic mass is 15.2. The maximum atomic E-state index is 6.17. The first kappa shape index (κ1) is 13.1. The van der Waals surface area contributed by atoms with Gasteiger partial charge >= 0.3 is 0 Å². The van der Waals surface area contributed by atoms with Gasteiger partial charge in [-0.2, -0.15) is 0 Å². The van der Waals surface area contributed by atoms with Crippen molar-refractivity contribution < 1.29 is 0 Å². The van der Waals surface area contributed by atoms with Gasteiger partial charge in [-0.05, 0) is 45.1 Å². The molecule has 0 spiro atoms. The van der Waals surface area contributed by atoms with Crippen LogP contribution in [0.1, 0.15) is 44.9 Å². The molecule has 2 bridgehead atoms. The summed E-state index contributed by atoms with van der Waals surface area (Å²) < 4.78 is 2.17. The van der Waals surface area contributed by atoms with E-state index in [1.165, 1.54) is 51.5 Å². The zero-order valence-corrected chi connectivity index (χ0v) is 11.7. The molecular weight excluding hydrogens is 236 g/mol. The Morgan fingerprint density at radius 1 is 1.11 bits per heavy atom. The average molecular weight is 262 g/mol. The summed E-state index contributed by atoms with van der Waals surface area (Å²) in [6.07, 6.45) is 14.9. The number of rotatable bonds is 5. The van der Waals surface area contributed by atoms with Crippen molar-refractivity contribution in [1.82, 2.24) is 14.5 Å². The van der Waals surface area contributed by atoms with Gasteiger partial charge in [0.2, 0.25) is 0 Å². The van der Waals surface area contributed by atoms with Crippen molar-refractivity contribution in [2.24, 2.45) is 5.73 Å². The molecule has 3 heterocycles. The molecule has 2 atom stereocenters. The van der Waals surface area contributed by atoms with Gasteiger partial charge in [0.15, 0.2) is 0 Å². The minimum atomic E-state index is 0.456. The minimum Gasteiger partial charge on any atom is -0.337 e. The van der Waals surface area contributed by atoms with Crippen LogP contribution in [0.4, 0.5) is 0 Å². The van der Waals surface area contributed by atoms with E-state index in [0.717, 1.165) is 18.6 Å². The fraction of sp³-hybridized carbons (Fsp3) is 0.800. The van der Waals surface area contributed by atoms with Gasteiger partial charge in [-0.1, -0.05) is 6.42 Å². The van der Waals surface area contributed by atoms with E-state index in [0.29, 0.717) is 6.04 Å². The lowest BCUT2D eigenvalue weighted by molar-refractivity contribution is 0.0301. The fourth-order valence-corrected chi connectivity index (χ4v) is 3.89. The Kier molecular flexibility index (Phi) is 4.18. The molecule has 4 nitrogen and oxygen atoms in total. The highest BCUT2D eigenvalue weighted by Crippen LogP contribution is 2.33. The molecule has 2 unspecified atom stereocenters. The van der Waals surface area contributed by atoms with Gasteiger partial charge in [0, 0.05) is 37.1 Å². The van der Waals surface area contributed by atoms with Gasteiger partial charge in [-0.15, -0.1) is 0 Å². The molecule has 2 N–H and O–H groups in total. The van der Waals surface area contributed by atoms with Crippen molar-refractivity contribution in [3.8, 4) is 0 Å². The third-order valence-electron chi connectivity index (χ3n) is 4.80. The SMILES string of the molecule is NC1CC2CCCC(C1)N2CCCCn1ccnc1. The van der Waals surface area contributed by atoms with Crippen molar-refractivity contribution in [1.29, 1.82) is 0 Å². The molecule has 2 fully saturated rings. The number of imidazole rings is 1. The molecule has 0 aromatic carbocycles. The van der Waals surface area contributed by atoms with Gasteiger partial charge in [0.05, 0.1) is 6.33 Å². The zero-order chi connectivity index (χ0) is 13.1. The van der Waals surface area contributed by atoms with Gasteiger partial charge in [0.1, 0.15) is 0 Å². The summed E-state index contributed by atoms with van der Waals surface area (Å²) in [7, 11) is 0.